The van der Waals surface area contributed by atoms with Crippen molar-refractivity contribution in [2.24, 2.45) is 0 Å². The highest BCUT2D eigenvalue weighted by molar-refractivity contribution is 5.92. The number of carbonyl (C=O) groups excluding carboxylic acids is 2. The van der Waals surface area contributed by atoms with Crippen LogP contribution in [-0.2, 0) is 25.5 Å². The Morgan fingerprint density at radius 3 is 2.06 bits per heavy atom. The maximum absolute atomic E-state index is 14.9. The molecular formula is C39H49NO11. The third-order valence-electron chi connectivity index (χ3n) is 9.72. The lowest BCUT2D eigenvalue weighted by atomic mass is 9.69. The van der Waals surface area contributed by atoms with E-state index in [4.69, 9.17) is 33.2 Å². The molecule has 1 fully saturated rings. The van der Waals surface area contributed by atoms with E-state index >= 15 is 0 Å². The highest BCUT2D eigenvalue weighted by Gasteiger charge is 2.55. The lowest BCUT2D eigenvalue weighted by Crippen LogP contribution is -2.63. The van der Waals surface area contributed by atoms with Crippen LogP contribution in [0.3, 0.4) is 0 Å². The van der Waals surface area contributed by atoms with Gasteiger partial charge in [-0.1, -0.05) is 31.2 Å². The van der Waals surface area contributed by atoms with Gasteiger partial charge in [-0.2, -0.15) is 0 Å². The first-order valence-electron chi connectivity index (χ1n) is 17.0. The highest BCUT2D eigenvalue weighted by Crippen LogP contribution is 2.48. The minimum absolute atomic E-state index is 0.210. The van der Waals surface area contributed by atoms with E-state index in [9.17, 15) is 19.5 Å². The molecule has 3 aromatic rings. The van der Waals surface area contributed by atoms with Crippen molar-refractivity contribution in [3.05, 3.63) is 71.3 Å². The third kappa shape index (κ3) is 8.10. The molecule has 1 saturated heterocycles. The zero-order chi connectivity index (χ0) is 37.1. The Hall–Kier alpha value is -5.13. The monoisotopic (exact) mass is 707 g/mol. The van der Waals surface area contributed by atoms with Crippen molar-refractivity contribution in [1.29, 1.82) is 0 Å². The second-order valence-corrected chi connectivity index (χ2v) is 12.3. The number of para-hydroxylation sites is 1. The predicted molar refractivity (Wildman–Crippen MR) is 190 cm³/mol. The molecule has 0 bridgehead atoms. The second kappa shape index (κ2) is 17.7. The third-order valence-corrected chi connectivity index (χ3v) is 9.72. The van der Waals surface area contributed by atoms with Crippen LogP contribution in [0.15, 0.2) is 54.6 Å². The van der Waals surface area contributed by atoms with Crippen molar-refractivity contribution in [3.63, 3.8) is 0 Å². The lowest BCUT2D eigenvalue weighted by molar-refractivity contribution is -0.166. The van der Waals surface area contributed by atoms with E-state index in [2.05, 4.69) is 0 Å². The van der Waals surface area contributed by atoms with Crippen LogP contribution >= 0.6 is 0 Å². The topological polar surface area (TPSA) is 139 Å². The number of aryl methyl sites for hydroxylation is 1. The number of benzene rings is 3. The SMILES string of the molecule is CC[C@H](C(=O)N1CCCC[C@@]1(C(=O)O)[C@H](CCc1ccc(OC)c(OC)c1)c1ccccc1OCC(=O)OC)c1cc(OC)c(OC)c(OC)c1. The molecule has 12 nitrogen and oxygen atoms in total. The van der Waals surface area contributed by atoms with Crippen molar-refractivity contribution in [1.82, 2.24) is 4.90 Å². The first kappa shape index (κ1) is 38.7. The minimum Gasteiger partial charge on any atom is -0.493 e. The molecule has 1 N–H and O–H groups in total. The number of carboxylic acids is 1. The number of nitrogens with zero attached hydrogens (tertiary/aromatic N) is 1. The highest BCUT2D eigenvalue weighted by atomic mass is 16.6. The van der Waals surface area contributed by atoms with Gasteiger partial charge in [-0.05, 0) is 80.0 Å². The molecule has 3 atom stereocenters. The molecular weight excluding hydrogens is 658 g/mol. The fourth-order valence-corrected chi connectivity index (χ4v) is 7.18. The Morgan fingerprint density at radius 2 is 1.47 bits per heavy atom. The molecule has 0 saturated carbocycles. The number of likely N-dealkylation sites (tertiary alicyclic amines) is 1. The van der Waals surface area contributed by atoms with Gasteiger partial charge >= 0.3 is 11.9 Å². The number of aliphatic carboxylic acids is 1. The molecule has 0 unspecified atom stereocenters. The van der Waals surface area contributed by atoms with E-state index in [-0.39, 0.29) is 25.5 Å². The molecule has 0 aromatic heterocycles. The van der Waals surface area contributed by atoms with Crippen molar-refractivity contribution >= 4 is 17.8 Å². The number of esters is 1. The zero-order valence-electron chi connectivity index (χ0n) is 30.5. The van der Waals surface area contributed by atoms with Gasteiger partial charge in [-0.3, -0.25) is 4.79 Å². The summed E-state index contributed by atoms with van der Waals surface area (Å²) in [6.07, 6.45) is 2.59. The van der Waals surface area contributed by atoms with Crippen LogP contribution in [0.5, 0.6) is 34.5 Å². The van der Waals surface area contributed by atoms with Gasteiger partial charge in [0.1, 0.15) is 11.3 Å². The number of carbonyl (C=O) groups is 3. The maximum atomic E-state index is 14.9. The summed E-state index contributed by atoms with van der Waals surface area (Å²) in [4.78, 5) is 42.6. The number of rotatable bonds is 17. The summed E-state index contributed by atoms with van der Waals surface area (Å²) in [5.41, 5.74) is 0.420. The summed E-state index contributed by atoms with van der Waals surface area (Å²) in [7, 11) is 8.91. The number of piperidine rings is 1. The Morgan fingerprint density at radius 1 is 0.804 bits per heavy atom. The Labute approximate surface area is 299 Å². The van der Waals surface area contributed by atoms with Crippen molar-refractivity contribution < 1.29 is 52.6 Å². The summed E-state index contributed by atoms with van der Waals surface area (Å²) in [5, 5.41) is 11.4. The number of methoxy groups -OCH3 is 6. The first-order valence-corrected chi connectivity index (χ1v) is 17.0. The maximum Gasteiger partial charge on any atom is 0.343 e. The first-order chi connectivity index (χ1) is 24.6. The Balaban J connectivity index is 1.88. The van der Waals surface area contributed by atoms with Crippen LogP contribution in [0, 0.1) is 0 Å². The van der Waals surface area contributed by atoms with Gasteiger partial charge in [0.05, 0.1) is 48.6 Å². The summed E-state index contributed by atoms with van der Waals surface area (Å²) < 4.78 is 38.4. The number of hydrogen-bond donors (Lipinski definition) is 1. The van der Waals surface area contributed by atoms with Crippen molar-refractivity contribution in [3.8, 4) is 34.5 Å². The summed E-state index contributed by atoms with van der Waals surface area (Å²) in [6.45, 7) is 1.77. The number of hydrogen-bond acceptors (Lipinski definition) is 10. The molecule has 3 aromatic carbocycles. The van der Waals surface area contributed by atoms with E-state index in [1.807, 2.05) is 31.2 Å². The van der Waals surface area contributed by atoms with Gasteiger partial charge in [0.2, 0.25) is 11.7 Å². The molecule has 0 aliphatic carbocycles. The molecule has 1 aliphatic rings. The standard InChI is InChI=1S/C39H49NO11/c1-8-27(26-22-33(47-4)36(50-7)34(23-26)48-5)37(42)40-20-12-11-19-39(40,38(43)44)29(17-15-25-16-18-31(45-2)32(21-25)46-3)28-13-9-10-14-30(28)51-24-35(41)49-6/h9-10,13-14,16,18,21-23,27,29H,8,11-12,15,17,19-20,24H2,1-7H3,(H,43,44)/t27-,29+,39-/m0/s1. The molecule has 0 spiro atoms. The average molecular weight is 708 g/mol. The van der Waals surface area contributed by atoms with Gasteiger partial charge in [0, 0.05) is 18.0 Å². The van der Waals surface area contributed by atoms with Crippen LogP contribution in [-0.4, -0.2) is 89.2 Å². The molecule has 1 aliphatic heterocycles. The zero-order valence-corrected chi connectivity index (χ0v) is 30.5. The van der Waals surface area contributed by atoms with Crippen LogP contribution in [0.1, 0.15) is 67.6 Å². The van der Waals surface area contributed by atoms with E-state index in [0.717, 1.165) is 5.56 Å². The molecule has 4 rings (SSSR count). The van der Waals surface area contributed by atoms with Crippen LogP contribution in [0.25, 0.3) is 0 Å². The van der Waals surface area contributed by atoms with Gasteiger partial charge < -0.3 is 43.2 Å². The predicted octanol–water partition coefficient (Wildman–Crippen LogP) is 6.03. The number of amides is 1. The molecule has 1 amide bonds. The summed E-state index contributed by atoms with van der Waals surface area (Å²) in [6, 6.07) is 16.1. The summed E-state index contributed by atoms with van der Waals surface area (Å²) in [5.74, 6) is -0.839. The van der Waals surface area contributed by atoms with E-state index in [0.29, 0.717) is 77.7 Å². The van der Waals surface area contributed by atoms with E-state index < -0.39 is 29.3 Å². The van der Waals surface area contributed by atoms with E-state index in [1.54, 1.807) is 49.5 Å². The van der Waals surface area contributed by atoms with Gasteiger partial charge in [-0.15, -0.1) is 0 Å². The molecule has 51 heavy (non-hydrogen) atoms. The fourth-order valence-electron chi connectivity index (χ4n) is 7.18. The normalized spacial score (nSPS) is 16.7. The van der Waals surface area contributed by atoms with Gasteiger partial charge in [0.15, 0.2) is 29.6 Å². The lowest BCUT2D eigenvalue weighted by Gasteiger charge is -2.50. The molecule has 276 valence electrons. The Bertz CT molecular complexity index is 1650. The molecule has 12 heteroatoms. The fraction of sp³-hybridized carbons (Fsp3) is 0.462. The second-order valence-electron chi connectivity index (χ2n) is 12.3. The quantitative estimate of drug-likeness (QED) is 0.165. The van der Waals surface area contributed by atoms with Gasteiger partial charge in [-0.25, -0.2) is 9.59 Å². The number of carboxylic acid groups (broad SMARTS) is 1. The smallest absolute Gasteiger partial charge is 0.343 e. The largest absolute Gasteiger partial charge is 0.493 e. The summed E-state index contributed by atoms with van der Waals surface area (Å²) >= 11 is 0. The van der Waals surface area contributed by atoms with Crippen LogP contribution < -0.4 is 28.4 Å². The molecule has 1 heterocycles. The van der Waals surface area contributed by atoms with Crippen LogP contribution in [0.2, 0.25) is 0 Å². The minimum atomic E-state index is -1.66. The van der Waals surface area contributed by atoms with Crippen LogP contribution in [0.4, 0.5) is 0 Å². The van der Waals surface area contributed by atoms with Crippen molar-refractivity contribution in [2.75, 3.05) is 55.8 Å². The average Bonchev–Trinajstić information content (AvgIpc) is 3.16. The Kier molecular flexibility index (Phi) is 13.4. The number of ether oxygens (including phenoxy) is 7. The van der Waals surface area contributed by atoms with Gasteiger partial charge in [0.25, 0.3) is 0 Å². The van der Waals surface area contributed by atoms with E-state index in [1.165, 1.54) is 28.4 Å². The molecule has 0 radical (unpaired) electrons. The van der Waals surface area contributed by atoms with Crippen molar-refractivity contribution in [2.45, 2.75) is 62.8 Å².